The van der Waals surface area contributed by atoms with Gasteiger partial charge in [-0.25, -0.2) is 18.2 Å². The Morgan fingerprint density at radius 2 is 1.72 bits per heavy atom. The summed E-state index contributed by atoms with van der Waals surface area (Å²) in [7, 11) is -0.796. The number of carbonyl (C=O) groups is 1. The lowest BCUT2D eigenvalue weighted by molar-refractivity contribution is 0.0600. The summed E-state index contributed by atoms with van der Waals surface area (Å²) in [5.41, 5.74) is 3.18. The maximum Gasteiger partial charge on any atom is 0.337 e. The van der Waals surface area contributed by atoms with Crippen LogP contribution in [-0.2, 0) is 21.8 Å². The Bertz CT molecular complexity index is 1400. The van der Waals surface area contributed by atoms with Crippen molar-refractivity contribution in [2.75, 3.05) is 7.11 Å². The Morgan fingerprint density at radius 3 is 2.38 bits per heavy atom. The van der Waals surface area contributed by atoms with E-state index in [1.54, 1.807) is 6.92 Å². The molecule has 0 bridgehead atoms. The molecule has 1 N–H and O–H groups in total. The highest BCUT2D eigenvalue weighted by atomic mass is 32.2. The number of nitrogens with one attached hydrogen (secondary N) is 1. The fourth-order valence-corrected chi connectivity index (χ4v) is 5.16. The molecule has 0 fully saturated rings. The second-order valence-corrected chi connectivity index (χ2v) is 9.14. The van der Waals surface area contributed by atoms with Crippen molar-refractivity contribution in [2.24, 2.45) is 7.05 Å². The number of aromatic nitrogens is 2. The predicted octanol–water partition coefficient (Wildman–Crippen LogP) is 3.74. The first-order chi connectivity index (χ1) is 15.3. The molecule has 0 spiro atoms. The van der Waals surface area contributed by atoms with Crippen molar-refractivity contribution < 1.29 is 17.9 Å². The first-order valence-electron chi connectivity index (χ1n) is 9.99. The number of nitrogens with zero attached hydrogens (tertiary/aromatic N) is 2. The van der Waals surface area contributed by atoms with E-state index >= 15 is 0 Å². The van der Waals surface area contributed by atoms with Crippen LogP contribution in [0.2, 0.25) is 0 Å². The molecule has 0 aliphatic rings. The van der Waals surface area contributed by atoms with Gasteiger partial charge < -0.3 is 9.30 Å². The van der Waals surface area contributed by atoms with Crippen molar-refractivity contribution in [3.63, 3.8) is 0 Å². The molecule has 1 heterocycles. The lowest BCUT2D eigenvalue weighted by atomic mass is 10.1. The van der Waals surface area contributed by atoms with Crippen molar-refractivity contribution in [1.29, 1.82) is 0 Å². The molecule has 0 saturated carbocycles. The lowest BCUT2D eigenvalue weighted by Gasteiger charge is -2.20. The second kappa shape index (κ2) is 8.57. The van der Waals surface area contributed by atoms with Gasteiger partial charge in [0.05, 0.1) is 28.6 Å². The van der Waals surface area contributed by atoms with Crippen LogP contribution < -0.4 is 4.72 Å². The van der Waals surface area contributed by atoms with Gasteiger partial charge in [0, 0.05) is 7.05 Å². The van der Waals surface area contributed by atoms with E-state index in [-0.39, 0.29) is 4.90 Å². The third-order valence-electron chi connectivity index (χ3n) is 5.37. The predicted molar refractivity (Wildman–Crippen MR) is 122 cm³/mol. The zero-order chi connectivity index (χ0) is 22.9. The molecule has 0 saturated heterocycles. The van der Waals surface area contributed by atoms with Gasteiger partial charge in [-0.2, -0.15) is 4.72 Å². The average molecular weight is 450 g/mol. The van der Waals surface area contributed by atoms with E-state index in [2.05, 4.69) is 4.72 Å². The molecule has 0 radical (unpaired) electrons. The fourth-order valence-electron chi connectivity index (χ4n) is 3.75. The number of aryl methyl sites for hydroxylation is 2. The van der Waals surface area contributed by atoms with Gasteiger partial charge in [-0.05, 0) is 48.4 Å². The number of sulfonamides is 1. The number of rotatable bonds is 6. The summed E-state index contributed by atoms with van der Waals surface area (Å²) in [4.78, 5) is 16.6. The first-order valence-corrected chi connectivity index (χ1v) is 11.5. The van der Waals surface area contributed by atoms with Gasteiger partial charge in [0.15, 0.2) is 0 Å². The van der Waals surface area contributed by atoms with Gasteiger partial charge in [-0.1, -0.05) is 42.5 Å². The van der Waals surface area contributed by atoms with Crippen molar-refractivity contribution in [1.82, 2.24) is 14.3 Å². The molecule has 3 aromatic carbocycles. The van der Waals surface area contributed by atoms with Crippen LogP contribution in [-0.4, -0.2) is 31.0 Å². The Kier molecular flexibility index (Phi) is 5.82. The molecular weight excluding hydrogens is 426 g/mol. The third-order valence-corrected chi connectivity index (χ3v) is 6.95. The highest BCUT2D eigenvalue weighted by molar-refractivity contribution is 7.89. The molecule has 0 aliphatic heterocycles. The minimum absolute atomic E-state index is 0.0878. The van der Waals surface area contributed by atoms with Crippen LogP contribution in [0, 0.1) is 6.92 Å². The smallest absolute Gasteiger partial charge is 0.337 e. The van der Waals surface area contributed by atoms with Crippen LogP contribution in [0.15, 0.2) is 77.7 Å². The summed E-state index contributed by atoms with van der Waals surface area (Å²) < 4.78 is 36.3. The lowest BCUT2D eigenvalue weighted by Crippen LogP contribution is -2.31. The molecule has 8 heteroatoms. The van der Waals surface area contributed by atoms with Gasteiger partial charge in [-0.3, -0.25) is 0 Å². The molecule has 1 atom stereocenters. The van der Waals surface area contributed by atoms with Crippen LogP contribution >= 0.6 is 0 Å². The van der Waals surface area contributed by atoms with Crippen LogP contribution in [0.3, 0.4) is 0 Å². The van der Waals surface area contributed by atoms with Gasteiger partial charge in [0.2, 0.25) is 10.0 Å². The van der Waals surface area contributed by atoms with E-state index in [1.807, 2.05) is 66.2 Å². The number of benzene rings is 3. The molecule has 164 valence electrons. The summed E-state index contributed by atoms with van der Waals surface area (Å²) in [5.74, 6) is 0.0525. The van der Waals surface area contributed by atoms with Crippen molar-refractivity contribution >= 4 is 27.0 Å². The summed E-state index contributed by atoms with van der Waals surface area (Å²) in [5, 5.41) is 0. The number of para-hydroxylation sites is 2. The molecule has 1 aromatic heterocycles. The maximum atomic E-state index is 13.4. The van der Waals surface area contributed by atoms with Crippen LogP contribution in [0.4, 0.5) is 0 Å². The number of fused-ring (bicyclic) bond motifs is 1. The summed E-state index contributed by atoms with van der Waals surface area (Å²) >= 11 is 0. The topological polar surface area (TPSA) is 90.3 Å². The van der Waals surface area contributed by atoms with Crippen molar-refractivity contribution in [3.8, 4) is 0 Å². The van der Waals surface area contributed by atoms with Crippen LogP contribution in [0.1, 0.15) is 33.4 Å². The number of imidazole rings is 1. The Hall–Kier alpha value is -3.49. The second-order valence-electron chi connectivity index (χ2n) is 7.45. The van der Waals surface area contributed by atoms with E-state index in [9.17, 15) is 13.2 Å². The quantitative estimate of drug-likeness (QED) is 0.453. The van der Waals surface area contributed by atoms with Gasteiger partial charge >= 0.3 is 5.97 Å². The highest BCUT2D eigenvalue weighted by Crippen LogP contribution is 2.28. The zero-order valence-electron chi connectivity index (χ0n) is 17.9. The van der Waals surface area contributed by atoms with Gasteiger partial charge in [0.25, 0.3) is 0 Å². The van der Waals surface area contributed by atoms with E-state index in [0.717, 1.165) is 16.6 Å². The molecule has 0 amide bonds. The number of methoxy groups -OCH3 is 1. The number of carbonyl (C=O) groups excluding carboxylic acids is 1. The normalized spacial score (nSPS) is 12.6. The van der Waals surface area contributed by atoms with Crippen molar-refractivity contribution in [2.45, 2.75) is 17.9 Å². The van der Waals surface area contributed by atoms with Gasteiger partial charge in [-0.15, -0.1) is 0 Å². The Morgan fingerprint density at radius 1 is 1.03 bits per heavy atom. The number of hydrogen-bond acceptors (Lipinski definition) is 5. The van der Waals surface area contributed by atoms with Crippen molar-refractivity contribution in [3.05, 3.63) is 95.3 Å². The molecule has 7 nitrogen and oxygen atoms in total. The van der Waals surface area contributed by atoms with Crippen LogP contribution in [0.5, 0.6) is 0 Å². The van der Waals surface area contributed by atoms with E-state index in [4.69, 9.17) is 9.72 Å². The molecule has 1 unspecified atom stereocenters. The minimum atomic E-state index is -3.95. The van der Waals surface area contributed by atoms with Crippen LogP contribution in [0.25, 0.3) is 11.0 Å². The number of esters is 1. The minimum Gasteiger partial charge on any atom is -0.465 e. The van der Waals surface area contributed by atoms with E-state index < -0.39 is 22.0 Å². The summed E-state index contributed by atoms with van der Waals surface area (Å²) in [6, 6.07) is 20.6. The summed E-state index contributed by atoms with van der Waals surface area (Å²) in [6.07, 6.45) is 0. The summed E-state index contributed by atoms with van der Waals surface area (Å²) in [6.45, 7) is 1.65. The molecule has 4 rings (SSSR count). The first kappa shape index (κ1) is 21.7. The third kappa shape index (κ3) is 4.02. The van der Waals surface area contributed by atoms with E-state index in [1.165, 1.54) is 25.3 Å². The monoisotopic (exact) mass is 449 g/mol. The molecule has 4 aromatic rings. The SMILES string of the molecule is COC(=O)c1ccc(S(=O)(=O)NC(c2ccccc2)c2nc3ccccc3n2C)c(C)c1. The highest BCUT2D eigenvalue weighted by Gasteiger charge is 2.28. The molecular formula is C24H23N3O4S. The molecule has 0 aliphatic carbocycles. The zero-order valence-corrected chi connectivity index (χ0v) is 18.8. The number of ether oxygens (including phenoxy) is 1. The standard InChI is InChI=1S/C24H23N3O4S/c1-16-15-18(24(28)31-3)13-14-21(16)32(29,30)26-22(17-9-5-4-6-10-17)23-25-19-11-7-8-12-20(19)27(23)2/h4-15,22,26H,1-3H3. The van der Waals surface area contributed by atoms with E-state index in [0.29, 0.717) is 17.0 Å². The van der Waals surface area contributed by atoms with Gasteiger partial charge in [0.1, 0.15) is 11.9 Å². The largest absolute Gasteiger partial charge is 0.465 e. The average Bonchev–Trinajstić information content (AvgIpc) is 3.13. The maximum absolute atomic E-state index is 13.4. The fraction of sp³-hybridized carbons (Fsp3) is 0.167. The Labute approximate surface area is 186 Å². The number of hydrogen-bond donors (Lipinski definition) is 1. The molecule has 32 heavy (non-hydrogen) atoms. The Balaban J connectivity index is 1.79.